The van der Waals surface area contributed by atoms with Gasteiger partial charge in [-0.1, -0.05) is 12.1 Å². The predicted molar refractivity (Wildman–Crippen MR) is 83.9 cm³/mol. The van der Waals surface area contributed by atoms with Crippen LogP contribution in [-0.4, -0.2) is 21.8 Å². The summed E-state index contributed by atoms with van der Waals surface area (Å²) in [7, 11) is 0. The Labute approximate surface area is 128 Å². The van der Waals surface area contributed by atoms with E-state index in [0.717, 1.165) is 12.8 Å². The molecule has 21 heavy (non-hydrogen) atoms. The summed E-state index contributed by atoms with van der Waals surface area (Å²) in [5.41, 5.74) is 0.483. The fraction of sp³-hybridized carbons (Fsp3) is 0.500. The van der Waals surface area contributed by atoms with Gasteiger partial charge in [0.15, 0.2) is 0 Å². The van der Waals surface area contributed by atoms with Gasteiger partial charge in [0, 0.05) is 12.6 Å². The minimum Gasteiger partial charge on any atom is -0.375 e. The van der Waals surface area contributed by atoms with Gasteiger partial charge in [-0.15, -0.1) is 11.6 Å². The van der Waals surface area contributed by atoms with Crippen molar-refractivity contribution in [3.63, 3.8) is 0 Å². The zero-order valence-corrected chi connectivity index (χ0v) is 13.1. The number of nitrogens with zero attached hydrogens (tertiary/aromatic N) is 2. The van der Waals surface area contributed by atoms with E-state index in [0.29, 0.717) is 23.3 Å². The molecule has 0 N–H and O–H groups in total. The molecule has 5 heteroatoms. The third kappa shape index (κ3) is 2.70. The molecular weight excluding hydrogens is 288 g/mol. The molecule has 0 amide bonds. The molecule has 0 spiro atoms. The molecule has 0 aliphatic carbocycles. The molecule has 0 saturated carbocycles. The predicted octanol–water partition coefficient (Wildman–Crippen LogP) is 3.27. The first-order valence-corrected chi connectivity index (χ1v) is 7.75. The Hall–Kier alpha value is -1.39. The third-order valence-corrected chi connectivity index (χ3v) is 4.28. The molecule has 1 saturated heterocycles. The molecule has 1 aromatic heterocycles. The van der Waals surface area contributed by atoms with Crippen molar-refractivity contribution in [3.05, 3.63) is 40.4 Å². The first-order valence-electron chi connectivity index (χ1n) is 7.22. The van der Waals surface area contributed by atoms with Gasteiger partial charge in [-0.05, 0) is 38.8 Å². The van der Waals surface area contributed by atoms with E-state index in [1.54, 1.807) is 4.57 Å². The number of aromatic nitrogens is 2. The number of ether oxygens (including phenoxy) is 1. The molecular formula is C16H19ClN2O2. The second kappa shape index (κ2) is 5.43. The molecule has 0 radical (unpaired) electrons. The van der Waals surface area contributed by atoms with Gasteiger partial charge in [-0.25, -0.2) is 4.98 Å². The maximum Gasteiger partial charge on any atom is 0.261 e. The summed E-state index contributed by atoms with van der Waals surface area (Å²) in [5, 5.41) is 0.649. The molecule has 2 heterocycles. The SMILES string of the molecule is CC1(C)CC(n2c(CCl)nc3ccccc3c2=O)CCO1. The van der Waals surface area contributed by atoms with E-state index < -0.39 is 0 Å². The lowest BCUT2D eigenvalue weighted by molar-refractivity contribution is -0.0699. The molecule has 4 nitrogen and oxygen atoms in total. The average Bonchev–Trinajstić information content (AvgIpc) is 2.46. The third-order valence-electron chi connectivity index (χ3n) is 4.04. The maximum absolute atomic E-state index is 12.8. The van der Waals surface area contributed by atoms with Crippen molar-refractivity contribution in [1.82, 2.24) is 9.55 Å². The van der Waals surface area contributed by atoms with Gasteiger partial charge >= 0.3 is 0 Å². The van der Waals surface area contributed by atoms with Gasteiger partial charge in [-0.2, -0.15) is 0 Å². The van der Waals surface area contributed by atoms with Crippen LogP contribution in [0.5, 0.6) is 0 Å². The fourth-order valence-corrected chi connectivity index (χ4v) is 3.27. The lowest BCUT2D eigenvalue weighted by atomic mass is 9.93. The van der Waals surface area contributed by atoms with Gasteiger partial charge in [0.25, 0.3) is 5.56 Å². The Balaban J connectivity index is 2.17. The summed E-state index contributed by atoms with van der Waals surface area (Å²) in [5.74, 6) is 0.876. The van der Waals surface area contributed by atoms with Crippen molar-refractivity contribution < 1.29 is 4.74 Å². The van der Waals surface area contributed by atoms with Crippen LogP contribution in [0.2, 0.25) is 0 Å². The second-order valence-electron chi connectivity index (χ2n) is 6.11. The highest BCUT2D eigenvalue weighted by atomic mass is 35.5. The van der Waals surface area contributed by atoms with E-state index in [1.807, 2.05) is 24.3 Å². The number of benzene rings is 1. The lowest BCUT2D eigenvalue weighted by Crippen LogP contribution is -2.39. The number of halogens is 1. The molecule has 1 aliphatic rings. The van der Waals surface area contributed by atoms with Crippen LogP contribution in [0, 0.1) is 0 Å². The number of rotatable bonds is 2. The van der Waals surface area contributed by atoms with Crippen LogP contribution in [-0.2, 0) is 10.6 Å². The van der Waals surface area contributed by atoms with E-state index in [2.05, 4.69) is 18.8 Å². The van der Waals surface area contributed by atoms with Crippen molar-refractivity contribution in [1.29, 1.82) is 0 Å². The van der Waals surface area contributed by atoms with Crippen LogP contribution in [0.25, 0.3) is 10.9 Å². The van der Waals surface area contributed by atoms with Gasteiger partial charge < -0.3 is 4.74 Å². The summed E-state index contributed by atoms with van der Waals surface area (Å²) in [4.78, 5) is 17.4. The first-order chi connectivity index (χ1) is 10.0. The molecule has 1 atom stereocenters. The van der Waals surface area contributed by atoms with Crippen molar-refractivity contribution in [2.75, 3.05) is 6.61 Å². The highest BCUT2D eigenvalue weighted by molar-refractivity contribution is 6.16. The summed E-state index contributed by atoms with van der Waals surface area (Å²) in [6.07, 6.45) is 1.60. The van der Waals surface area contributed by atoms with E-state index in [-0.39, 0.29) is 23.1 Å². The molecule has 112 valence electrons. The molecule has 3 rings (SSSR count). The van der Waals surface area contributed by atoms with Crippen molar-refractivity contribution in [2.45, 2.75) is 44.2 Å². The number of hydrogen-bond donors (Lipinski definition) is 0. The fourth-order valence-electron chi connectivity index (χ4n) is 3.08. The van der Waals surface area contributed by atoms with Crippen LogP contribution >= 0.6 is 11.6 Å². The highest BCUT2D eigenvalue weighted by Crippen LogP contribution is 2.32. The first kappa shape index (κ1) is 14.5. The van der Waals surface area contributed by atoms with Crippen LogP contribution in [0.3, 0.4) is 0 Å². The zero-order chi connectivity index (χ0) is 15.0. The van der Waals surface area contributed by atoms with Gasteiger partial charge in [-0.3, -0.25) is 9.36 Å². The Morgan fingerprint density at radius 1 is 1.43 bits per heavy atom. The monoisotopic (exact) mass is 306 g/mol. The van der Waals surface area contributed by atoms with E-state index >= 15 is 0 Å². The Bertz CT molecular complexity index is 724. The minimum absolute atomic E-state index is 0.000972. The van der Waals surface area contributed by atoms with E-state index in [4.69, 9.17) is 16.3 Å². The average molecular weight is 307 g/mol. The van der Waals surface area contributed by atoms with Crippen molar-refractivity contribution in [3.8, 4) is 0 Å². The summed E-state index contributed by atoms with van der Waals surface area (Å²) < 4.78 is 7.53. The Morgan fingerprint density at radius 3 is 2.90 bits per heavy atom. The Morgan fingerprint density at radius 2 is 2.19 bits per heavy atom. The standard InChI is InChI=1S/C16H19ClN2O2/c1-16(2)9-11(7-8-21-16)19-14(10-17)18-13-6-4-3-5-12(13)15(19)20/h3-6,11H,7-10H2,1-2H3. The van der Waals surface area contributed by atoms with Crippen LogP contribution in [0.4, 0.5) is 0 Å². The van der Waals surface area contributed by atoms with Crippen molar-refractivity contribution >= 4 is 22.5 Å². The number of fused-ring (bicyclic) bond motifs is 1. The largest absolute Gasteiger partial charge is 0.375 e. The quantitative estimate of drug-likeness (QED) is 0.800. The molecule has 1 aromatic carbocycles. The van der Waals surface area contributed by atoms with E-state index in [9.17, 15) is 4.79 Å². The number of para-hydroxylation sites is 1. The molecule has 0 bridgehead atoms. The zero-order valence-electron chi connectivity index (χ0n) is 12.3. The lowest BCUT2D eigenvalue weighted by Gasteiger charge is -2.36. The summed E-state index contributed by atoms with van der Waals surface area (Å²) in [6.45, 7) is 4.76. The van der Waals surface area contributed by atoms with Gasteiger partial charge in [0.05, 0.1) is 22.4 Å². The number of hydrogen-bond acceptors (Lipinski definition) is 3. The van der Waals surface area contributed by atoms with Crippen LogP contribution in [0.1, 0.15) is 38.6 Å². The smallest absolute Gasteiger partial charge is 0.261 e. The molecule has 2 aromatic rings. The maximum atomic E-state index is 12.8. The topological polar surface area (TPSA) is 44.1 Å². The Kier molecular flexibility index (Phi) is 3.76. The minimum atomic E-state index is -0.225. The second-order valence-corrected chi connectivity index (χ2v) is 6.38. The van der Waals surface area contributed by atoms with Crippen molar-refractivity contribution in [2.24, 2.45) is 0 Å². The number of alkyl halides is 1. The van der Waals surface area contributed by atoms with E-state index in [1.165, 1.54) is 0 Å². The summed E-state index contributed by atoms with van der Waals surface area (Å²) in [6, 6.07) is 7.51. The normalized spacial score (nSPS) is 21.6. The van der Waals surface area contributed by atoms with Gasteiger partial charge in [0.2, 0.25) is 0 Å². The summed E-state index contributed by atoms with van der Waals surface area (Å²) >= 11 is 6.04. The highest BCUT2D eigenvalue weighted by Gasteiger charge is 2.31. The molecule has 1 fully saturated rings. The molecule has 1 aliphatic heterocycles. The van der Waals surface area contributed by atoms with Crippen LogP contribution in [0.15, 0.2) is 29.1 Å². The molecule has 1 unspecified atom stereocenters. The van der Waals surface area contributed by atoms with Gasteiger partial charge in [0.1, 0.15) is 5.82 Å². The van der Waals surface area contributed by atoms with Crippen LogP contribution < -0.4 is 5.56 Å².